The summed E-state index contributed by atoms with van der Waals surface area (Å²) in [6.45, 7) is -0.122. The first-order valence-corrected chi connectivity index (χ1v) is 4.75. The molecule has 0 saturated carbocycles. The van der Waals surface area contributed by atoms with E-state index in [-0.39, 0.29) is 25.0 Å². The topological polar surface area (TPSA) is 46.6 Å². The zero-order valence-corrected chi connectivity index (χ0v) is 8.53. The maximum absolute atomic E-state index is 11.4. The summed E-state index contributed by atoms with van der Waals surface area (Å²) < 4.78 is 4.80. The molecule has 0 unspecified atom stereocenters. The SMILES string of the molecule is O=C1COCC(=O)N1c1ccc(Cl)cc1. The summed E-state index contributed by atoms with van der Waals surface area (Å²) in [5, 5.41) is 0.562. The van der Waals surface area contributed by atoms with Crippen LogP contribution in [0.25, 0.3) is 0 Å². The second-order valence-electron chi connectivity index (χ2n) is 3.09. The van der Waals surface area contributed by atoms with Crippen molar-refractivity contribution in [1.29, 1.82) is 0 Å². The van der Waals surface area contributed by atoms with E-state index in [1.54, 1.807) is 24.3 Å². The molecule has 5 heteroatoms. The van der Waals surface area contributed by atoms with Crippen LogP contribution in [-0.2, 0) is 14.3 Å². The first kappa shape index (κ1) is 10.1. The monoisotopic (exact) mass is 225 g/mol. The zero-order chi connectivity index (χ0) is 10.8. The van der Waals surface area contributed by atoms with Crippen molar-refractivity contribution < 1.29 is 14.3 Å². The van der Waals surface area contributed by atoms with Gasteiger partial charge in [-0.05, 0) is 24.3 Å². The van der Waals surface area contributed by atoms with Gasteiger partial charge in [0.2, 0.25) is 0 Å². The molecule has 15 heavy (non-hydrogen) atoms. The molecule has 0 atom stereocenters. The van der Waals surface area contributed by atoms with Gasteiger partial charge in [-0.3, -0.25) is 9.59 Å². The highest BCUT2D eigenvalue weighted by Gasteiger charge is 2.27. The molecule has 0 aromatic heterocycles. The van der Waals surface area contributed by atoms with E-state index in [1.165, 1.54) is 0 Å². The van der Waals surface area contributed by atoms with Crippen molar-refractivity contribution in [3.05, 3.63) is 29.3 Å². The number of rotatable bonds is 1. The molecule has 0 bridgehead atoms. The van der Waals surface area contributed by atoms with Crippen LogP contribution in [0.2, 0.25) is 5.02 Å². The van der Waals surface area contributed by atoms with E-state index in [0.717, 1.165) is 4.90 Å². The summed E-state index contributed by atoms with van der Waals surface area (Å²) in [5.41, 5.74) is 0.526. The van der Waals surface area contributed by atoms with Crippen molar-refractivity contribution in [2.24, 2.45) is 0 Å². The van der Waals surface area contributed by atoms with Gasteiger partial charge in [-0.1, -0.05) is 11.6 Å². The summed E-state index contributed by atoms with van der Waals surface area (Å²) in [5.74, 6) is -0.706. The summed E-state index contributed by atoms with van der Waals surface area (Å²) in [7, 11) is 0. The molecule has 1 aliphatic rings. The summed E-state index contributed by atoms with van der Waals surface area (Å²) >= 11 is 5.71. The molecule has 1 aliphatic heterocycles. The lowest BCUT2D eigenvalue weighted by molar-refractivity contribution is -0.138. The lowest BCUT2D eigenvalue weighted by Gasteiger charge is -2.24. The molecular weight excluding hydrogens is 218 g/mol. The number of halogens is 1. The van der Waals surface area contributed by atoms with Crippen LogP contribution in [0.3, 0.4) is 0 Å². The van der Waals surface area contributed by atoms with Crippen LogP contribution < -0.4 is 4.90 Å². The van der Waals surface area contributed by atoms with Crippen LogP contribution >= 0.6 is 11.6 Å². The van der Waals surface area contributed by atoms with Crippen LogP contribution in [0.15, 0.2) is 24.3 Å². The number of hydrogen-bond acceptors (Lipinski definition) is 3. The van der Waals surface area contributed by atoms with Gasteiger partial charge in [0, 0.05) is 5.02 Å². The molecule has 78 valence electrons. The Balaban J connectivity index is 2.31. The van der Waals surface area contributed by atoms with E-state index in [9.17, 15) is 9.59 Å². The molecule has 0 spiro atoms. The minimum absolute atomic E-state index is 0.0611. The third-order valence-corrected chi connectivity index (χ3v) is 2.29. The number of morpholine rings is 1. The average Bonchev–Trinajstić information content (AvgIpc) is 2.20. The van der Waals surface area contributed by atoms with E-state index in [1.807, 2.05) is 0 Å². The molecule has 0 radical (unpaired) electrons. The molecule has 1 aromatic rings. The molecule has 0 aliphatic carbocycles. The van der Waals surface area contributed by atoms with Gasteiger partial charge in [-0.25, -0.2) is 4.90 Å². The van der Waals surface area contributed by atoms with Crippen molar-refractivity contribution in [3.63, 3.8) is 0 Å². The number of anilines is 1. The van der Waals surface area contributed by atoms with Gasteiger partial charge < -0.3 is 4.74 Å². The van der Waals surface area contributed by atoms with Gasteiger partial charge in [-0.15, -0.1) is 0 Å². The smallest absolute Gasteiger partial charge is 0.259 e. The Morgan fingerprint density at radius 2 is 1.60 bits per heavy atom. The highest BCUT2D eigenvalue weighted by Crippen LogP contribution is 2.19. The van der Waals surface area contributed by atoms with Gasteiger partial charge in [-0.2, -0.15) is 0 Å². The van der Waals surface area contributed by atoms with Gasteiger partial charge in [0.1, 0.15) is 13.2 Å². The Morgan fingerprint density at radius 3 is 2.13 bits per heavy atom. The van der Waals surface area contributed by atoms with Gasteiger partial charge in [0.05, 0.1) is 5.69 Å². The molecule has 0 N–H and O–H groups in total. The Morgan fingerprint density at radius 1 is 1.07 bits per heavy atom. The van der Waals surface area contributed by atoms with Crippen LogP contribution in [-0.4, -0.2) is 25.0 Å². The standard InChI is InChI=1S/C10H8ClNO3/c11-7-1-3-8(4-2-7)12-9(13)5-15-6-10(12)14/h1-4H,5-6H2. The number of carbonyl (C=O) groups is 2. The molecule has 4 nitrogen and oxygen atoms in total. The van der Waals surface area contributed by atoms with E-state index in [2.05, 4.69) is 0 Å². The predicted molar refractivity (Wildman–Crippen MR) is 54.8 cm³/mol. The predicted octanol–water partition coefficient (Wildman–Crippen LogP) is 1.23. The lowest BCUT2D eigenvalue weighted by atomic mass is 10.2. The average molecular weight is 226 g/mol. The van der Waals surface area contributed by atoms with Crippen LogP contribution in [0.4, 0.5) is 5.69 Å². The lowest BCUT2D eigenvalue weighted by Crippen LogP contribution is -2.46. The Labute approximate surface area is 91.4 Å². The number of nitrogens with zero attached hydrogens (tertiary/aromatic N) is 1. The number of hydrogen-bond donors (Lipinski definition) is 0. The molecular formula is C10H8ClNO3. The minimum Gasteiger partial charge on any atom is -0.362 e. The first-order valence-electron chi connectivity index (χ1n) is 4.37. The van der Waals surface area contributed by atoms with Gasteiger partial charge >= 0.3 is 0 Å². The van der Waals surface area contributed by atoms with Crippen molar-refractivity contribution >= 4 is 29.1 Å². The Kier molecular flexibility index (Phi) is 2.70. The molecule has 1 heterocycles. The number of imide groups is 1. The highest BCUT2D eigenvalue weighted by atomic mass is 35.5. The first-order chi connectivity index (χ1) is 7.18. The van der Waals surface area contributed by atoms with Crippen LogP contribution in [0.5, 0.6) is 0 Å². The second kappa shape index (κ2) is 4.00. The van der Waals surface area contributed by atoms with Crippen molar-refractivity contribution in [3.8, 4) is 0 Å². The third kappa shape index (κ3) is 2.00. The highest BCUT2D eigenvalue weighted by molar-refractivity contribution is 6.30. The normalized spacial score (nSPS) is 17.0. The van der Waals surface area contributed by atoms with E-state index in [4.69, 9.17) is 16.3 Å². The molecule has 1 aromatic carbocycles. The maximum atomic E-state index is 11.4. The van der Waals surface area contributed by atoms with Gasteiger partial charge in [0.25, 0.3) is 11.8 Å². The fourth-order valence-electron chi connectivity index (χ4n) is 1.37. The number of amides is 2. The summed E-state index contributed by atoms with van der Waals surface area (Å²) in [6, 6.07) is 6.52. The maximum Gasteiger partial charge on any atom is 0.259 e. The minimum atomic E-state index is -0.353. The molecule has 2 amide bonds. The number of benzene rings is 1. The third-order valence-electron chi connectivity index (χ3n) is 2.03. The second-order valence-corrected chi connectivity index (χ2v) is 3.53. The van der Waals surface area contributed by atoms with Crippen LogP contribution in [0.1, 0.15) is 0 Å². The van der Waals surface area contributed by atoms with Crippen molar-refractivity contribution in [1.82, 2.24) is 0 Å². The van der Waals surface area contributed by atoms with E-state index in [0.29, 0.717) is 10.7 Å². The zero-order valence-electron chi connectivity index (χ0n) is 7.77. The number of carbonyl (C=O) groups excluding carboxylic acids is 2. The van der Waals surface area contributed by atoms with E-state index < -0.39 is 0 Å². The number of ether oxygens (including phenoxy) is 1. The summed E-state index contributed by atoms with van der Waals surface area (Å²) in [6.07, 6.45) is 0. The fraction of sp³-hybridized carbons (Fsp3) is 0.200. The Hall–Kier alpha value is -1.39. The molecule has 1 fully saturated rings. The molecule has 2 rings (SSSR count). The van der Waals surface area contributed by atoms with E-state index >= 15 is 0 Å². The quantitative estimate of drug-likeness (QED) is 0.676. The Bertz CT molecular complexity index is 386. The fourth-order valence-corrected chi connectivity index (χ4v) is 1.50. The van der Waals surface area contributed by atoms with Crippen LogP contribution in [0, 0.1) is 0 Å². The van der Waals surface area contributed by atoms with Crippen molar-refractivity contribution in [2.75, 3.05) is 18.1 Å². The van der Waals surface area contributed by atoms with Crippen molar-refractivity contribution in [2.45, 2.75) is 0 Å². The van der Waals surface area contributed by atoms with Gasteiger partial charge in [0.15, 0.2) is 0 Å². The summed E-state index contributed by atoms with van der Waals surface area (Å²) in [4.78, 5) is 24.0. The molecule has 1 saturated heterocycles. The largest absolute Gasteiger partial charge is 0.362 e.